The van der Waals surface area contributed by atoms with Crippen LogP contribution >= 0.6 is 0 Å². The Morgan fingerprint density at radius 1 is 0.969 bits per heavy atom. The van der Waals surface area contributed by atoms with Crippen LogP contribution in [0.4, 0.5) is 8.78 Å². The molecule has 3 fully saturated rings. The predicted molar refractivity (Wildman–Crippen MR) is 240 cm³/mol. The van der Waals surface area contributed by atoms with Crippen molar-refractivity contribution in [2.24, 2.45) is 23.9 Å². The van der Waals surface area contributed by atoms with Gasteiger partial charge in [0.1, 0.15) is 17.2 Å². The van der Waals surface area contributed by atoms with Gasteiger partial charge in [0, 0.05) is 49.5 Å². The number of hydrogen-bond acceptors (Lipinski definition) is 8. The third-order valence-electron chi connectivity index (χ3n) is 14.7. The number of rotatable bonds is 8. The molecule has 0 spiro atoms. The lowest BCUT2D eigenvalue weighted by atomic mass is 9.83. The minimum Gasteiger partial charge on any atom is -0.409 e. The molecule has 3 N–H and O–H groups in total. The summed E-state index contributed by atoms with van der Waals surface area (Å²) in [6, 6.07) is 13.0. The van der Waals surface area contributed by atoms with E-state index in [1.165, 1.54) is 33.8 Å². The maximum atomic E-state index is 16.2. The fourth-order valence-corrected chi connectivity index (χ4v) is 13.5. The van der Waals surface area contributed by atoms with E-state index in [-0.39, 0.29) is 57.4 Å². The van der Waals surface area contributed by atoms with Crippen molar-refractivity contribution in [3.63, 3.8) is 0 Å². The van der Waals surface area contributed by atoms with Crippen molar-refractivity contribution in [1.82, 2.24) is 37.6 Å². The average molecular weight is 905 g/mol. The SMILES string of the molecule is Cc1cc(-n2nc3c(c2-n2ccn(-c4ccc5c(cnn5C)c4F)c2=O)[C@@H]2CC[C@H](C3)N2S(=O)(=O)c2cc3cc([C@H]4CCOC(C)(C)C4)ccc3n2C2(C(N)=NO)CC2C)cc(C)c1F. The number of oxime groups is 1. The smallest absolute Gasteiger partial charge is 0.338 e. The second kappa shape index (κ2) is 14.2. The van der Waals surface area contributed by atoms with Crippen molar-refractivity contribution >= 4 is 37.7 Å². The number of fused-ring (bicyclic) bond motifs is 6. The maximum Gasteiger partial charge on any atom is 0.338 e. The molecule has 3 aromatic carbocycles. The van der Waals surface area contributed by atoms with Gasteiger partial charge in [-0.15, -0.1) is 0 Å². The first-order chi connectivity index (χ1) is 30.9. The topological polar surface area (TPSA) is 173 Å². The van der Waals surface area contributed by atoms with Gasteiger partial charge in [-0.1, -0.05) is 18.1 Å². The largest absolute Gasteiger partial charge is 0.409 e. The number of nitrogens with two attached hydrogens (primary N) is 1. The Hall–Kier alpha value is -6.11. The zero-order valence-corrected chi connectivity index (χ0v) is 37.8. The van der Waals surface area contributed by atoms with E-state index < -0.39 is 39.2 Å². The highest BCUT2D eigenvalue weighted by Crippen LogP contribution is 2.55. The minimum absolute atomic E-state index is 0.0123. The summed E-state index contributed by atoms with van der Waals surface area (Å²) in [5, 5.41) is 23.9. The van der Waals surface area contributed by atoms with E-state index >= 15 is 17.2 Å². The molecular weight excluding hydrogens is 855 g/mol. The van der Waals surface area contributed by atoms with Gasteiger partial charge in [0.15, 0.2) is 16.7 Å². The molecule has 2 saturated heterocycles. The normalized spacial score (nSPS) is 24.3. The molecule has 1 saturated carbocycles. The molecule has 3 aliphatic heterocycles. The number of hydrogen-bond donors (Lipinski definition) is 2. The highest BCUT2D eigenvalue weighted by Gasteiger charge is 2.60. The van der Waals surface area contributed by atoms with Crippen LogP contribution in [0.2, 0.25) is 0 Å². The van der Waals surface area contributed by atoms with Crippen LogP contribution in [0.3, 0.4) is 0 Å². The molecule has 1 aliphatic carbocycles. The lowest BCUT2D eigenvalue weighted by Crippen LogP contribution is -2.44. The van der Waals surface area contributed by atoms with Crippen LogP contribution in [-0.4, -0.2) is 75.3 Å². The van der Waals surface area contributed by atoms with Crippen LogP contribution in [0, 0.1) is 31.4 Å². The van der Waals surface area contributed by atoms with Gasteiger partial charge in [-0.05, 0) is 131 Å². The second-order valence-corrected chi connectivity index (χ2v) is 20.9. The lowest BCUT2D eigenvalue weighted by molar-refractivity contribution is -0.0592. The maximum absolute atomic E-state index is 16.2. The first-order valence-electron chi connectivity index (χ1n) is 22.1. The Balaban J connectivity index is 1.09. The highest BCUT2D eigenvalue weighted by molar-refractivity contribution is 7.89. The van der Waals surface area contributed by atoms with Crippen LogP contribution in [0.25, 0.3) is 39.0 Å². The van der Waals surface area contributed by atoms with Crippen molar-refractivity contribution in [3.8, 4) is 17.2 Å². The first kappa shape index (κ1) is 41.6. The molecule has 65 heavy (non-hydrogen) atoms. The summed E-state index contributed by atoms with van der Waals surface area (Å²) >= 11 is 0. The van der Waals surface area contributed by atoms with Crippen LogP contribution in [-0.2, 0) is 33.8 Å². The van der Waals surface area contributed by atoms with Crippen molar-refractivity contribution < 1.29 is 27.1 Å². The molecular formula is C47H50F2N10O5S. The third-order valence-corrected chi connectivity index (χ3v) is 16.6. The number of amidine groups is 1. The van der Waals surface area contributed by atoms with Gasteiger partial charge in [-0.2, -0.15) is 14.5 Å². The number of halogens is 2. The number of ether oxygens (including phenoxy) is 1. The number of benzene rings is 3. The minimum atomic E-state index is -4.40. The van der Waals surface area contributed by atoms with Crippen molar-refractivity contribution in [3.05, 3.63) is 117 Å². The van der Waals surface area contributed by atoms with Gasteiger partial charge in [-0.3, -0.25) is 13.8 Å². The van der Waals surface area contributed by atoms with Crippen LogP contribution in [0.1, 0.15) is 92.8 Å². The summed E-state index contributed by atoms with van der Waals surface area (Å²) in [4.78, 5) is 14.7. The summed E-state index contributed by atoms with van der Waals surface area (Å²) in [6.45, 7) is 10.0. The Labute approximate surface area is 373 Å². The Morgan fingerprint density at radius 3 is 2.40 bits per heavy atom. The number of imidazole rings is 1. The molecule has 2 unspecified atom stereocenters. The standard InChI is InChI=1S/C47H50F2N10O5S/c1-25-17-32(18-26(2)41(25)48)58-43(56-15-14-55(45(56)60)38-12-11-36-33(42(38)49)24-51-54(36)6)40-34(52-58)21-31-8-10-37(40)59(31)65(62,63)39-20-30-19-28(29-13-16-64-46(4,5)23-29)7-9-35(30)57(39)47(22-27(47)3)44(50)53-61/h7,9,11-12,14-15,17-20,24,27,29,31,37,61H,8,10,13,16,21-23H2,1-6H3,(H2,50,53)/t27?,29-,31+,37-,47?/m0/s1. The van der Waals surface area contributed by atoms with E-state index in [2.05, 4.69) is 36.2 Å². The monoisotopic (exact) mass is 904 g/mol. The zero-order valence-electron chi connectivity index (χ0n) is 37.0. The highest BCUT2D eigenvalue weighted by atomic mass is 32.2. The van der Waals surface area contributed by atoms with E-state index in [0.717, 1.165) is 23.8 Å². The molecule has 4 aliphatic rings. The quantitative estimate of drug-likeness (QED) is 0.0700. The van der Waals surface area contributed by atoms with E-state index in [0.29, 0.717) is 65.0 Å². The summed E-state index contributed by atoms with van der Waals surface area (Å²) in [6.07, 6.45) is 7.69. The van der Waals surface area contributed by atoms with Gasteiger partial charge in [0.2, 0.25) is 0 Å². The predicted octanol–water partition coefficient (Wildman–Crippen LogP) is 7.15. The van der Waals surface area contributed by atoms with E-state index in [1.54, 1.807) is 63.4 Å². The van der Waals surface area contributed by atoms with Crippen molar-refractivity contribution in [2.75, 3.05) is 6.61 Å². The van der Waals surface area contributed by atoms with Crippen molar-refractivity contribution in [1.29, 1.82) is 0 Å². The fourth-order valence-electron chi connectivity index (χ4n) is 11.4. The molecule has 7 aromatic rings. The summed E-state index contributed by atoms with van der Waals surface area (Å²) < 4.78 is 78.0. The lowest BCUT2D eigenvalue weighted by Gasteiger charge is -2.35. The number of nitrogens with zero attached hydrogens (tertiary/aromatic N) is 9. The van der Waals surface area contributed by atoms with Gasteiger partial charge in [-0.25, -0.2) is 26.7 Å². The zero-order chi connectivity index (χ0) is 45.6. The summed E-state index contributed by atoms with van der Waals surface area (Å²) in [5.74, 6) is -0.735. The van der Waals surface area contributed by atoms with Gasteiger partial charge >= 0.3 is 5.69 Å². The molecule has 7 heterocycles. The second-order valence-electron chi connectivity index (χ2n) is 19.1. The third kappa shape index (κ3) is 5.98. The molecule has 15 nitrogen and oxygen atoms in total. The Morgan fingerprint density at radius 2 is 1.69 bits per heavy atom. The number of aromatic nitrogens is 7. The fraction of sp³-hybridized carbons (Fsp3) is 0.404. The molecule has 2 bridgehead atoms. The molecule has 5 atom stereocenters. The van der Waals surface area contributed by atoms with Crippen LogP contribution < -0.4 is 11.4 Å². The molecule has 11 rings (SSSR count). The van der Waals surface area contributed by atoms with Crippen LogP contribution in [0.5, 0.6) is 0 Å². The van der Waals surface area contributed by atoms with Crippen LogP contribution in [0.15, 0.2) is 82.1 Å². The van der Waals surface area contributed by atoms with Gasteiger partial charge in [0.25, 0.3) is 10.0 Å². The molecule has 338 valence electrons. The Bertz CT molecular complexity index is 3340. The van der Waals surface area contributed by atoms with E-state index in [9.17, 15) is 10.0 Å². The molecule has 0 amide bonds. The number of aryl methyl sites for hydroxylation is 3. The Kier molecular flexibility index (Phi) is 9.08. The van der Waals surface area contributed by atoms with Crippen molar-refractivity contribution in [2.45, 2.75) is 107 Å². The summed E-state index contributed by atoms with van der Waals surface area (Å²) in [5.41, 5.74) is 9.15. The summed E-state index contributed by atoms with van der Waals surface area (Å²) in [7, 11) is -2.69. The number of sulfonamides is 1. The average Bonchev–Trinajstić information content (AvgIpc) is 3.84. The molecule has 0 radical (unpaired) electrons. The van der Waals surface area contributed by atoms with Gasteiger partial charge in [0.05, 0.1) is 51.3 Å². The van der Waals surface area contributed by atoms with E-state index in [1.807, 2.05) is 13.0 Å². The van der Waals surface area contributed by atoms with E-state index in [4.69, 9.17) is 15.6 Å². The molecule has 4 aromatic heterocycles. The first-order valence-corrected chi connectivity index (χ1v) is 23.5. The van der Waals surface area contributed by atoms with Gasteiger partial charge < -0.3 is 20.2 Å². The molecule has 18 heteroatoms.